The quantitative estimate of drug-likeness (QED) is 0.0110. The number of nitrogens with zero attached hydrogens (tertiary/aromatic N) is 4. The standard InChI is InChI=1S/C80H131N13O23/c1-17-37-114-68(100)47-62(88-64(96)29-33-83-80(108)116-49-59(75(103)82-34-41-109-14)86-65(97)48-84-63(95)31-40-113-43-42-112-38-23-27-57(94)30-36-93-66(98)44-53(8)77(93)105)85-55(10)79(107)115-39-24-32-81-74(102)58(45-56-25-20-19-21-26-56)87-73(101)54(9)72(111-16)60-28-22-35-92(60)67(99)46-61(110-15)71(52(7)18-2)91(13)78(106)69(50(3)4)89-76(104)70(51(5)6)90(11)12/h17,19-21,25-26,50-55,58-62,69-72,85H,1,18,22-24,27-49H2,2-16H3,(H,81,102)(H,82,103)(H,83,108)(H,84,95)(H,86,97)(H,87,101)(H,88,96)(H,89,104)/t52-,53?,54+,55?,58-,59?,60-,61+,62?,69?,70-,71-,72+/m0/s1. The number of nitrogens with one attached hydrogen (secondary N) is 9. The lowest BCUT2D eigenvalue weighted by Crippen LogP contribution is -2.59. The zero-order chi connectivity index (χ0) is 86.6. The summed E-state index contributed by atoms with van der Waals surface area (Å²) in [6, 6.07) is 2.97. The lowest BCUT2D eigenvalue weighted by molar-refractivity contribution is -0.148. The average Bonchev–Trinajstić information content (AvgIpc) is 1.49. The molecule has 13 atom stereocenters. The van der Waals surface area contributed by atoms with Gasteiger partial charge >= 0.3 is 18.0 Å². The second kappa shape index (κ2) is 54.8. The van der Waals surface area contributed by atoms with E-state index < -0.39 is 140 Å². The molecule has 2 aliphatic rings. The Kier molecular flexibility index (Phi) is 47.7. The van der Waals surface area contributed by atoms with Gasteiger partial charge in [-0.2, -0.15) is 0 Å². The third kappa shape index (κ3) is 36.2. The molecule has 116 heavy (non-hydrogen) atoms. The summed E-state index contributed by atoms with van der Waals surface area (Å²) in [4.78, 5) is 205. The molecule has 0 bridgehead atoms. The summed E-state index contributed by atoms with van der Waals surface area (Å²) >= 11 is 0. The molecule has 0 spiro atoms. The van der Waals surface area contributed by atoms with Crippen LogP contribution in [0.25, 0.3) is 0 Å². The molecule has 3 rings (SSSR count). The molecule has 654 valence electrons. The predicted molar refractivity (Wildman–Crippen MR) is 426 cm³/mol. The first-order chi connectivity index (χ1) is 55.1. The fourth-order valence-electron chi connectivity index (χ4n) is 13.5. The van der Waals surface area contributed by atoms with Crippen molar-refractivity contribution in [3.8, 4) is 0 Å². The van der Waals surface area contributed by atoms with Crippen LogP contribution in [0.3, 0.4) is 0 Å². The smallest absolute Gasteiger partial charge is 0.407 e. The van der Waals surface area contributed by atoms with Crippen molar-refractivity contribution in [2.24, 2.45) is 29.6 Å². The Bertz CT molecular complexity index is 3320. The molecule has 0 saturated carbocycles. The summed E-state index contributed by atoms with van der Waals surface area (Å²) in [5.74, 6) is -8.53. The van der Waals surface area contributed by atoms with Crippen molar-refractivity contribution in [3.63, 3.8) is 0 Å². The van der Waals surface area contributed by atoms with E-state index in [4.69, 9.17) is 37.9 Å². The summed E-state index contributed by atoms with van der Waals surface area (Å²) in [6.07, 6.45) is -0.698. The topological polar surface area (TPSA) is 451 Å². The number of imide groups is 1. The molecule has 36 heteroatoms. The van der Waals surface area contributed by atoms with Gasteiger partial charge in [-0.15, -0.1) is 0 Å². The number of rotatable bonds is 58. The number of alkyl carbamates (subject to hydrolysis) is 1. The highest BCUT2D eigenvalue weighted by atomic mass is 16.6. The van der Waals surface area contributed by atoms with Crippen LogP contribution in [0.15, 0.2) is 43.0 Å². The van der Waals surface area contributed by atoms with Crippen LogP contribution < -0.4 is 47.9 Å². The number of Topliss-reactive ketones (excluding diaryl/α,β-unsaturated/α-hetero) is 1. The SMILES string of the molecule is C=CCOC(=O)CC(NC(=O)CCNC(=O)OCC(NC(=O)CNC(=O)CCOCCOCCCC(=O)CCN1C(=O)CC(C)C1=O)C(=O)NCCOC)NC(C)C(=O)OCCCNC(=O)[C@H](Cc1ccccc1)NC(=O)[C@H](C)[C@@H](OC)[C@@H]1CCCN1C(=O)C[C@@H](OC)[C@H]([C@@H](C)CC)N(C)C(=O)C(NC(=O)[C@H](C(C)C)N(C)C)C(C)C. The Morgan fingerprint density at radius 2 is 1.34 bits per heavy atom. The van der Waals surface area contributed by atoms with E-state index in [1.54, 1.807) is 42.8 Å². The van der Waals surface area contributed by atoms with Crippen molar-refractivity contribution in [1.29, 1.82) is 0 Å². The van der Waals surface area contributed by atoms with Crippen LogP contribution in [0.1, 0.15) is 145 Å². The Hall–Kier alpha value is -9.07. The number of methoxy groups -OCH3 is 3. The second-order valence-electron chi connectivity index (χ2n) is 30.0. The van der Waals surface area contributed by atoms with Crippen LogP contribution in [-0.4, -0.2) is 304 Å². The van der Waals surface area contributed by atoms with Crippen molar-refractivity contribution in [2.75, 3.05) is 135 Å². The summed E-state index contributed by atoms with van der Waals surface area (Å²) in [7, 11) is 9.71. The van der Waals surface area contributed by atoms with Gasteiger partial charge in [0.05, 0.1) is 94.8 Å². The lowest BCUT2D eigenvalue weighted by Gasteiger charge is -2.41. The molecular formula is C80H131N13O23. The average molecular weight is 1640 g/mol. The molecule has 1 aromatic rings. The van der Waals surface area contributed by atoms with E-state index in [0.29, 0.717) is 32.2 Å². The molecule has 0 radical (unpaired) electrons. The van der Waals surface area contributed by atoms with Gasteiger partial charge in [-0.05, 0) is 70.0 Å². The maximum Gasteiger partial charge on any atom is 0.407 e. The molecule has 9 N–H and O–H groups in total. The molecule has 0 aliphatic carbocycles. The lowest BCUT2D eigenvalue weighted by atomic mass is 9.89. The third-order valence-electron chi connectivity index (χ3n) is 20.0. The molecule has 2 aliphatic heterocycles. The molecule has 5 unspecified atom stereocenters. The highest BCUT2D eigenvalue weighted by Crippen LogP contribution is 2.30. The summed E-state index contributed by atoms with van der Waals surface area (Å²) < 4.78 is 43.9. The Morgan fingerprint density at radius 3 is 1.96 bits per heavy atom. The first kappa shape index (κ1) is 101. The van der Waals surface area contributed by atoms with Gasteiger partial charge in [0.1, 0.15) is 43.2 Å². The molecule has 1 aromatic carbocycles. The van der Waals surface area contributed by atoms with Crippen LogP contribution in [0, 0.1) is 29.6 Å². The van der Waals surface area contributed by atoms with Crippen molar-refractivity contribution in [1.82, 2.24) is 67.5 Å². The zero-order valence-corrected chi connectivity index (χ0v) is 70.6. The van der Waals surface area contributed by atoms with Crippen molar-refractivity contribution >= 4 is 88.8 Å². The largest absolute Gasteiger partial charge is 0.464 e. The Morgan fingerprint density at radius 1 is 0.655 bits per heavy atom. The van der Waals surface area contributed by atoms with Crippen LogP contribution in [0.4, 0.5) is 4.79 Å². The summed E-state index contributed by atoms with van der Waals surface area (Å²) in [5, 5.41) is 23.9. The van der Waals surface area contributed by atoms with Gasteiger partial charge in [0.2, 0.25) is 65.0 Å². The van der Waals surface area contributed by atoms with Gasteiger partial charge in [-0.1, -0.05) is 105 Å². The zero-order valence-electron chi connectivity index (χ0n) is 70.6. The van der Waals surface area contributed by atoms with E-state index in [9.17, 15) is 71.9 Å². The molecule has 36 nitrogen and oxygen atoms in total. The van der Waals surface area contributed by atoms with Gasteiger partial charge in [0.15, 0.2) is 0 Å². The van der Waals surface area contributed by atoms with E-state index in [1.807, 2.05) is 78.7 Å². The molecule has 2 saturated heterocycles. The highest BCUT2D eigenvalue weighted by molar-refractivity contribution is 6.03. The number of carbonyl (C=O) groups is 15. The number of likely N-dealkylation sites (tertiary alicyclic amines) is 2. The summed E-state index contributed by atoms with van der Waals surface area (Å²) in [6.45, 7) is 19.2. The maximum absolute atomic E-state index is 14.6. The van der Waals surface area contributed by atoms with Gasteiger partial charge in [0, 0.05) is 112 Å². The Balaban J connectivity index is 1.53. The fourth-order valence-corrected chi connectivity index (χ4v) is 13.5. The molecule has 2 heterocycles. The van der Waals surface area contributed by atoms with Gasteiger partial charge < -0.3 is 90.2 Å². The number of esters is 2. The number of amides is 12. The number of ether oxygens (including phenoxy) is 8. The van der Waals surface area contributed by atoms with E-state index in [-0.39, 0.29) is 183 Å². The highest BCUT2D eigenvalue weighted by Gasteiger charge is 2.44. The maximum atomic E-state index is 14.6. The normalized spacial score (nSPS) is 16.9. The van der Waals surface area contributed by atoms with Gasteiger partial charge in [0.25, 0.3) is 0 Å². The number of carbonyl (C=O) groups excluding carboxylic acids is 15. The first-order valence-corrected chi connectivity index (χ1v) is 40.1. The van der Waals surface area contributed by atoms with Crippen LogP contribution in [0.5, 0.6) is 0 Å². The fraction of sp³-hybridized carbons (Fsp3) is 0.713. The van der Waals surface area contributed by atoms with Crippen molar-refractivity contribution < 1.29 is 110 Å². The van der Waals surface area contributed by atoms with E-state index in [1.165, 1.54) is 34.3 Å². The Labute approximate surface area is 682 Å². The first-order valence-electron chi connectivity index (χ1n) is 40.1. The number of benzene rings is 1. The molecular weight excluding hydrogens is 1510 g/mol. The summed E-state index contributed by atoms with van der Waals surface area (Å²) in [5.41, 5.74) is 0.748. The minimum absolute atomic E-state index is 0.00472. The van der Waals surface area contributed by atoms with E-state index in [2.05, 4.69) is 54.4 Å². The third-order valence-corrected chi connectivity index (χ3v) is 20.0. The van der Waals surface area contributed by atoms with Crippen molar-refractivity contribution in [3.05, 3.63) is 48.6 Å². The van der Waals surface area contributed by atoms with Crippen LogP contribution in [0.2, 0.25) is 0 Å². The second-order valence-corrected chi connectivity index (χ2v) is 30.0. The van der Waals surface area contributed by atoms with Gasteiger partial charge in [-0.3, -0.25) is 82.2 Å². The predicted octanol–water partition coefficient (Wildman–Crippen LogP) is 0.988. The van der Waals surface area contributed by atoms with Crippen molar-refractivity contribution in [2.45, 2.75) is 206 Å². The van der Waals surface area contributed by atoms with E-state index >= 15 is 0 Å². The van der Waals surface area contributed by atoms with Crippen LogP contribution >= 0.6 is 0 Å². The number of ketones is 1. The minimum Gasteiger partial charge on any atom is -0.464 e. The van der Waals surface area contributed by atoms with Gasteiger partial charge in [-0.25, -0.2) is 4.79 Å². The molecule has 12 amide bonds. The number of likely N-dealkylation sites (N-methyl/N-ethyl adjacent to an activating group) is 2. The minimum atomic E-state index is -1.44. The number of hydrogen-bond acceptors (Lipinski definition) is 25. The van der Waals surface area contributed by atoms with Crippen LogP contribution in [-0.2, 0) is 111 Å². The monoisotopic (exact) mass is 1640 g/mol. The molecule has 2 fully saturated rings. The number of hydrogen-bond donors (Lipinski definition) is 9. The van der Waals surface area contributed by atoms with E-state index in [0.717, 1.165) is 10.5 Å². The molecule has 0 aromatic heterocycles.